The van der Waals surface area contributed by atoms with Crippen molar-refractivity contribution in [3.8, 4) is 6.07 Å². The summed E-state index contributed by atoms with van der Waals surface area (Å²) >= 11 is 6.26. The van der Waals surface area contributed by atoms with E-state index >= 15 is 0 Å². The molecule has 1 aliphatic carbocycles. The first-order valence-electron chi connectivity index (χ1n) is 6.41. The highest BCUT2D eigenvalue weighted by atomic mass is 35.5. The van der Waals surface area contributed by atoms with Gasteiger partial charge in [0.05, 0.1) is 12.2 Å². The van der Waals surface area contributed by atoms with Crippen LogP contribution in [0.4, 0.5) is 0 Å². The topological polar surface area (TPSA) is 41.6 Å². The van der Waals surface area contributed by atoms with Crippen molar-refractivity contribution in [1.82, 2.24) is 9.78 Å². The molecule has 0 aliphatic heterocycles. The third-order valence-corrected chi connectivity index (χ3v) is 3.83. The van der Waals surface area contributed by atoms with Gasteiger partial charge in [0, 0.05) is 5.92 Å². The van der Waals surface area contributed by atoms with Crippen LogP contribution in [0.15, 0.2) is 24.3 Å². The van der Waals surface area contributed by atoms with Gasteiger partial charge in [-0.25, -0.2) is 4.68 Å². The Kier molecular flexibility index (Phi) is 3.04. The minimum Gasteiger partial charge on any atom is -0.248 e. The van der Waals surface area contributed by atoms with Crippen LogP contribution in [0, 0.1) is 18.3 Å². The van der Waals surface area contributed by atoms with Crippen molar-refractivity contribution in [2.75, 3.05) is 0 Å². The van der Waals surface area contributed by atoms with Gasteiger partial charge < -0.3 is 0 Å². The van der Waals surface area contributed by atoms with Crippen LogP contribution in [-0.4, -0.2) is 9.78 Å². The normalized spacial score (nSPS) is 14.4. The van der Waals surface area contributed by atoms with Crippen LogP contribution >= 0.6 is 11.6 Å². The lowest BCUT2D eigenvalue weighted by molar-refractivity contribution is 0.673. The van der Waals surface area contributed by atoms with E-state index < -0.39 is 0 Å². The molecule has 1 saturated carbocycles. The van der Waals surface area contributed by atoms with E-state index in [9.17, 15) is 5.26 Å². The number of halogens is 1. The molecule has 4 heteroatoms. The molecule has 0 amide bonds. The lowest BCUT2D eigenvalue weighted by Gasteiger charge is -2.03. The number of nitriles is 1. The Morgan fingerprint density at radius 1 is 1.37 bits per heavy atom. The number of aryl methyl sites for hydroxylation is 1. The molecule has 1 aromatic carbocycles. The van der Waals surface area contributed by atoms with E-state index in [2.05, 4.69) is 42.4 Å². The molecule has 1 aromatic heterocycles. The van der Waals surface area contributed by atoms with Crippen LogP contribution in [0.5, 0.6) is 0 Å². The van der Waals surface area contributed by atoms with Crippen molar-refractivity contribution in [2.45, 2.75) is 32.2 Å². The number of hydrogen-bond donors (Lipinski definition) is 0. The smallest absolute Gasteiger partial charge is 0.145 e. The van der Waals surface area contributed by atoms with E-state index in [4.69, 9.17) is 11.6 Å². The molecule has 0 radical (unpaired) electrons. The highest BCUT2D eigenvalue weighted by Crippen LogP contribution is 2.42. The fraction of sp³-hybridized carbons (Fsp3) is 0.333. The maximum atomic E-state index is 9.20. The predicted octanol–water partition coefficient (Wildman–Crippen LogP) is 3.64. The first-order chi connectivity index (χ1) is 9.19. The van der Waals surface area contributed by atoms with Gasteiger partial charge >= 0.3 is 0 Å². The predicted molar refractivity (Wildman–Crippen MR) is 74.2 cm³/mol. The second-order valence-electron chi connectivity index (χ2n) is 5.08. The average Bonchev–Trinajstić information content (AvgIpc) is 3.19. The van der Waals surface area contributed by atoms with Crippen molar-refractivity contribution in [2.24, 2.45) is 0 Å². The number of nitrogens with zero attached hydrogens (tertiary/aromatic N) is 3. The molecular formula is C15H14ClN3. The fourth-order valence-corrected chi connectivity index (χ4v) is 2.41. The Morgan fingerprint density at radius 2 is 2.05 bits per heavy atom. The Morgan fingerprint density at radius 3 is 2.63 bits per heavy atom. The van der Waals surface area contributed by atoms with Crippen LogP contribution in [0.25, 0.3) is 0 Å². The van der Waals surface area contributed by atoms with Crippen molar-refractivity contribution in [3.05, 3.63) is 51.8 Å². The van der Waals surface area contributed by atoms with E-state index in [1.54, 1.807) is 4.68 Å². The van der Waals surface area contributed by atoms with Gasteiger partial charge in [0.1, 0.15) is 16.8 Å². The highest BCUT2D eigenvalue weighted by molar-refractivity contribution is 6.30. The molecule has 0 spiro atoms. The van der Waals surface area contributed by atoms with Gasteiger partial charge in [0.2, 0.25) is 0 Å². The number of hydrogen-bond acceptors (Lipinski definition) is 2. The minimum absolute atomic E-state index is 0.436. The molecule has 2 aromatic rings. The van der Waals surface area contributed by atoms with Gasteiger partial charge in [-0.2, -0.15) is 10.4 Å². The molecule has 1 fully saturated rings. The monoisotopic (exact) mass is 271 g/mol. The Bertz CT molecular complexity index is 645. The number of aromatic nitrogens is 2. The summed E-state index contributed by atoms with van der Waals surface area (Å²) in [4.78, 5) is 0. The first kappa shape index (κ1) is 12.3. The standard InChI is InChI=1S/C15H14ClN3/c1-10-2-4-11(5-3-10)9-19-15(16)13(8-17)14(18-19)12-6-7-12/h2-5,12H,6-7,9H2,1H3. The lowest BCUT2D eigenvalue weighted by Crippen LogP contribution is -2.02. The van der Waals surface area contributed by atoms with Gasteiger partial charge in [-0.1, -0.05) is 41.4 Å². The molecule has 19 heavy (non-hydrogen) atoms. The molecule has 0 unspecified atom stereocenters. The van der Waals surface area contributed by atoms with Crippen molar-refractivity contribution < 1.29 is 0 Å². The summed E-state index contributed by atoms with van der Waals surface area (Å²) < 4.78 is 1.73. The zero-order chi connectivity index (χ0) is 13.4. The van der Waals surface area contributed by atoms with E-state index in [-0.39, 0.29) is 0 Å². The van der Waals surface area contributed by atoms with E-state index in [1.807, 2.05) is 0 Å². The van der Waals surface area contributed by atoms with Gasteiger partial charge in [0.25, 0.3) is 0 Å². The van der Waals surface area contributed by atoms with Gasteiger partial charge in [0.15, 0.2) is 0 Å². The van der Waals surface area contributed by atoms with Crippen LogP contribution in [0.3, 0.4) is 0 Å². The largest absolute Gasteiger partial charge is 0.248 e. The third kappa shape index (κ3) is 2.36. The summed E-state index contributed by atoms with van der Waals surface area (Å²) in [6, 6.07) is 10.5. The summed E-state index contributed by atoms with van der Waals surface area (Å²) in [7, 11) is 0. The average molecular weight is 272 g/mol. The van der Waals surface area contributed by atoms with E-state index in [0.717, 1.165) is 24.1 Å². The zero-order valence-corrected chi connectivity index (χ0v) is 11.5. The molecule has 0 saturated heterocycles. The molecule has 0 bridgehead atoms. The second-order valence-corrected chi connectivity index (χ2v) is 5.44. The van der Waals surface area contributed by atoms with Crippen LogP contribution in [-0.2, 0) is 6.54 Å². The quantitative estimate of drug-likeness (QED) is 0.855. The minimum atomic E-state index is 0.436. The Labute approximate surface area is 117 Å². The Balaban J connectivity index is 1.93. The molecule has 3 rings (SSSR count). The second kappa shape index (κ2) is 4.71. The summed E-state index contributed by atoms with van der Waals surface area (Å²) in [5, 5.41) is 14.2. The van der Waals surface area contributed by atoms with Gasteiger partial charge in [-0.15, -0.1) is 0 Å². The third-order valence-electron chi connectivity index (χ3n) is 3.45. The molecule has 3 nitrogen and oxygen atoms in total. The van der Waals surface area contributed by atoms with Gasteiger partial charge in [-0.3, -0.25) is 0 Å². The van der Waals surface area contributed by atoms with Crippen LogP contribution in [0.1, 0.15) is 41.1 Å². The Hall–Kier alpha value is -1.79. The number of rotatable bonds is 3. The molecule has 96 valence electrons. The SMILES string of the molecule is Cc1ccc(Cn2nc(C3CC3)c(C#N)c2Cl)cc1. The summed E-state index contributed by atoms with van der Waals surface area (Å²) in [5.74, 6) is 0.436. The van der Waals surface area contributed by atoms with Crippen LogP contribution in [0.2, 0.25) is 5.15 Å². The number of benzene rings is 1. The highest BCUT2D eigenvalue weighted by Gasteiger charge is 2.31. The summed E-state index contributed by atoms with van der Waals surface area (Å²) in [5.41, 5.74) is 3.80. The maximum Gasteiger partial charge on any atom is 0.145 e. The zero-order valence-electron chi connectivity index (χ0n) is 10.7. The van der Waals surface area contributed by atoms with E-state index in [1.165, 1.54) is 5.56 Å². The summed E-state index contributed by atoms with van der Waals surface area (Å²) in [6.45, 7) is 2.67. The lowest BCUT2D eigenvalue weighted by atomic mass is 10.1. The fourth-order valence-electron chi connectivity index (χ4n) is 2.18. The molecule has 1 heterocycles. The van der Waals surface area contributed by atoms with Crippen molar-refractivity contribution >= 4 is 11.6 Å². The molecule has 1 aliphatic rings. The molecule has 0 atom stereocenters. The first-order valence-corrected chi connectivity index (χ1v) is 6.78. The molecular weight excluding hydrogens is 258 g/mol. The maximum absolute atomic E-state index is 9.20. The van der Waals surface area contributed by atoms with E-state index in [0.29, 0.717) is 23.2 Å². The van der Waals surface area contributed by atoms with Gasteiger partial charge in [-0.05, 0) is 25.3 Å². The van der Waals surface area contributed by atoms with Crippen molar-refractivity contribution in [3.63, 3.8) is 0 Å². The van der Waals surface area contributed by atoms with Crippen LogP contribution < -0.4 is 0 Å². The molecule has 0 N–H and O–H groups in total. The van der Waals surface area contributed by atoms with Crippen molar-refractivity contribution in [1.29, 1.82) is 5.26 Å². The summed E-state index contributed by atoms with van der Waals surface area (Å²) in [6.07, 6.45) is 2.24.